The van der Waals surface area contributed by atoms with Gasteiger partial charge in [0, 0.05) is 17.4 Å². The molecule has 0 unspecified atom stereocenters. The van der Waals surface area contributed by atoms with Crippen molar-refractivity contribution < 1.29 is 38.0 Å². The second kappa shape index (κ2) is 8.00. The van der Waals surface area contributed by atoms with Gasteiger partial charge in [-0.15, -0.1) is 0 Å². The maximum absolute atomic E-state index is 12.9. The summed E-state index contributed by atoms with van der Waals surface area (Å²) in [4.78, 5) is 12.9. The van der Waals surface area contributed by atoms with Gasteiger partial charge in [-0.2, -0.15) is 0 Å². The zero-order valence-corrected chi connectivity index (χ0v) is 18.6. The first-order chi connectivity index (χ1) is 15.6. The Kier molecular flexibility index (Phi) is 5.15. The summed E-state index contributed by atoms with van der Waals surface area (Å²) >= 11 is 0. The third-order valence-corrected chi connectivity index (χ3v) is 6.47. The Labute approximate surface area is 186 Å². The van der Waals surface area contributed by atoms with Gasteiger partial charge in [-0.05, 0) is 42.7 Å². The highest BCUT2D eigenvalue weighted by Crippen LogP contribution is 2.56. The van der Waals surface area contributed by atoms with E-state index in [4.69, 9.17) is 33.2 Å². The minimum absolute atomic E-state index is 0.0265. The molecular weight excluding hydrogens is 416 g/mol. The maximum Gasteiger partial charge on any atom is 0.310 e. The highest BCUT2D eigenvalue weighted by atomic mass is 16.7. The van der Waals surface area contributed by atoms with Crippen LogP contribution in [0.4, 0.5) is 0 Å². The number of rotatable bonds is 6. The number of cyclic esters (lactones) is 1. The van der Waals surface area contributed by atoms with Crippen molar-refractivity contribution in [1.29, 1.82) is 0 Å². The van der Waals surface area contributed by atoms with Gasteiger partial charge in [-0.3, -0.25) is 4.79 Å². The van der Waals surface area contributed by atoms with Crippen LogP contribution in [0.3, 0.4) is 0 Å². The van der Waals surface area contributed by atoms with E-state index in [9.17, 15) is 4.79 Å². The molecule has 8 heteroatoms. The van der Waals surface area contributed by atoms with E-state index in [2.05, 4.69) is 0 Å². The predicted octanol–water partition coefficient (Wildman–Crippen LogP) is 3.32. The fourth-order valence-corrected chi connectivity index (χ4v) is 5.15. The largest absolute Gasteiger partial charge is 0.493 e. The topological polar surface area (TPSA) is 81.7 Å². The molecule has 0 radical (unpaired) electrons. The van der Waals surface area contributed by atoms with Gasteiger partial charge in [0.2, 0.25) is 18.3 Å². The Morgan fingerprint density at radius 2 is 1.72 bits per heavy atom. The van der Waals surface area contributed by atoms with Crippen LogP contribution in [0.1, 0.15) is 29.5 Å². The third kappa shape index (κ3) is 3.00. The zero-order chi connectivity index (χ0) is 22.4. The molecule has 0 amide bonds. The molecule has 2 aliphatic heterocycles. The number of methoxy groups -OCH3 is 3. The molecule has 170 valence electrons. The summed E-state index contributed by atoms with van der Waals surface area (Å²) in [6.07, 6.45) is 0.665. The van der Waals surface area contributed by atoms with Gasteiger partial charge >= 0.3 is 5.97 Å². The maximum atomic E-state index is 12.9. The van der Waals surface area contributed by atoms with E-state index in [0.29, 0.717) is 54.1 Å². The Morgan fingerprint density at radius 3 is 2.38 bits per heavy atom. The summed E-state index contributed by atoms with van der Waals surface area (Å²) in [5.74, 6) is 2.70. The molecule has 1 saturated heterocycles. The van der Waals surface area contributed by atoms with Crippen LogP contribution >= 0.6 is 0 Å². The number of esters is 1. The smallest absolute Gasteiger partial charge is 0.310 e. The number of hydrogen-bond donors (Lipinski definition) is 0. The van der Waals surface area contributed by atoms with Gasteiger partial charge < -0.3 is 33.2 Å². The number of carbonyl (C=O) groups is 1. The Hall–Kier alpha value is -3.29. The lowest BCUT2D eigenvalue weighted by Crippen LogP contribution is -2.32. The molecule has 0 aromatic heterocycles. The third-order valence-electron chi connectivity index (χ3n) is 6.47. The second-order valence-corrected chi connectivity index (χ2v) is 8.00. The number of fused-ring (bicyclic) bond motifs is 3. The van der Waals surface area contributed by atoms with E-state index in [1.54, 1.807) is 21.3 Å². The first-order valence-corrected chi connectivity index (χ1v) is 10.7. The first kappa shape index (κ1) is 20.6. The molecule has 3 atom stereocenters. The normalized spacial score (nSPS) is 22.6. The molecule has 0 N–H and O–H groups in total. The second-order valence-electron chi connectivity index (χ2n) is 8.00. The van der Waals surface area contributed by atoms with E-state index in [1.165, 1.54) is 0 Å². The minimum atomic E-state index is -0.333. The fraction of sp³-hybridized carbons (Fsp3) is 0.458. The summed E-state index contributed by atoms with van der Waals surface area (Å²) in [7, 11) is 4.72. The van der Waals surface area contributed by atoms with Crippen LogP contribution < -0.4 is 28.4 Å². The van der Waals surface area contributed by atoms with Crippen LogP contribution in [0.5, 0.6) is 34.5 Å². The van der Waals surface area contributed by atoms with Crippen molar-refractivity contribution >= 4 is 5.97 Å². The lowest BCUT2D eigenvalue weighted by atomic mass is 9.67. The van der Waals surface area contributed by atoms with Crippen LogP contribution in [0.25, 0.3) is 0 Å². The molecule has 2 aromatic rings. The van der Waals surface area contributed by atoms with E-state index >= 15 is 0 Å². The molecule has 1 aliphatic carbocycles. The zero-order valence-electron chi connectivity index (χ0n) is 18.6. The van der Waals surface area contributed by atoms with Gasteiger partial charge in [0.05, 0.1) is 40.5 Å². The summed E-state index contributed by atoms with van der Waals surface area (Å²) in [6, 6.07) is 5.76. The van der Waals surface area contributed by atoms with Crippen molar-refractivity contribution in [1.82, 2.24) is 0 Å². The quantitative estimate of drug-likeness (QED) is 0.631. The highest BCUT2D eigenvalue weighted by Gasteiger charge is 2.49. The van der Waals surface area contributed by atoms with Gasteiger partial charge in [0.15, 0.2) is 23.0 Å². The van der Waals surface area contributed by atoms with Crippen molar-refractivity contribution in [3.05, 3.63) is 34.9 Å². The van der Waals surface area contributed by atoms with Crippen LogP contribution in [0.2, 0.25) is 0 Å². The number of carbonyl (C=O) groups excluding carboxylic acids is 1. The average molecular weight is 442 g/mol. The fourth-order valence-electron chi connectivity index (χ4n) is 5.15. The molecule has 8 nitrogen and oxygen atoms in total. The molecule has 32 heavy (non-hydrogen) atoms. The lowest BCUT2D eigenvalue weighted by Gasteiger charge is -2.35. The summed E-state index contributed by atoms with van der Waals surface area (Å²) in [5, 5.41) is 0. The average Bonchev–Trinajstić information content (AvgIpc) is 3.43. The predicted molar refractivity (Wildman–Crippen MR) is 113 cm³/mol. The van der Waals surface area contributed by atoms with Crippen molar-refractivity contribution in [3.8, 4) is 34.5 Å². The summed E-state index contributed by atoms with van der Waals surface area (Å²) in [5.41, 5.74) is 2.86. The van der Waals surface area contributed by atoms with E-state index in [-0.39, 0.29) is 30.5 Å². The Morgan fingerprint density at radius 1 is 0.969 bits per heavy atom. The van der Waals surface area contributed by atoms with Crippen LogP contribution in [-0.4, -0.2) is 47.3 Å². The standard InChI is InChI=1S/C24H26O8/c1-5-29-21-15-6-13-10-30-24(25)20(13)19(14(15)9-18-23(21)32-11-31-18)12-7-16(26-2)22(28-4)17(8-12)27-3/h7-9,13,19-20H,5-6,10-11H2,1-4H3/t13-,19+,20-/m0/s1. The van der Waals surface area contributed by atoms with Crippen molar-refractivity contribution in [2.75, 3.05) is 41.3 Å². The van der Waals surface area contributed by atoms with Crippen molar-refractivity contribution in [2.24, 2.45) is 11.8 Å². The summed E-state index contributed by atoms with van der Waals surface area (Å²) in [6.45, 7) is 2.95. The Bertz CT molecular complexity index is 1040. The molecule has 0 bridgehead atoms. The van der Waals surface area contributed by atoms with E-state index in [0.717, 1.165) is 16.7 Å². The number of benzene rings is 2. The van der Waals surface area contributed by atoms with Gasteiger partial charge in [0.25, 0.3) is 0 Å². The molecule has 0 spiro atoms. The molecular formula is C24H26O8. The van der Waals surface area contributed by atoms with E-state index in [1.807, 2.05) is 25.1 Å². The lowest BCUT2D eigenvalue weighted by molar-refractivity contribution is -0.141. The van der Waals surface area contributed by atoms with Crippen LogP contribution in [-0.2, 0) is 16.0 Å². The molecule has 1 fully saturated rings. The first-order valence-electron chi connectivity index (χ1n) is 10.7. The van der Waals surface area contributed by atoms with Crippen molar-refractivity contribution in [3.63, 3.8) is 0 Å². The summed E-state index contributed by atoms with van der Waals surface area (Å²) < 4.78 is 39.6. The van der Waals surface area contributed by atoms with Gasteiger partial charge in [-0.1, -0.05) is 0 Å². The van der Waals surface area contributed by atoms with Crippen LogP contribution in [0.15, 0.2) is 18.2 Å². The molecule has 5 rings (SSSR count). The van der Waals surface area contributed by atoms with E-state index < -0.39 is 0 Å². The highest BCUT2D eigenvalue weighted by molar-refractivity contribution is 5.79. The molecule has 2 heterocycles. The number of hydrogen-bond acceptors (Lipinski definition) is 8. The van der Waals surface area contributed by atoms with Crippen LogP contribution in [0, 0.1) is 11.8 Å². The molecule has 0 saturated carbocycles. The number of ether oxygens (including phenoxy) is 7. The SMILES string of the molecule is CCOc1c2c(cc3c1OCO3)[C@@H](c1cc(OC)c(OC)c(OC)c1)[C@H]1C(=O)OC[C@@H]1C2. The van der Waals surface area contributed by atoms with Crippen molar-refractivity contribution in [2.45, 2.75) is 19.3 Å². The van der Waals surface area contributed by atoms with Gasteiger partial charge in [-0.25, -0.2) is 0 Å². The molecule has 3 aliphatic rings. The minimum Gasteiger partial charge on any atom is -0.493 e. The molecule has 2 aromatic carbocycles. The monoisotopic (exact) mass is 442 g/mol. The Balaban J connectivity index is 1.75. The van der Waals surface area contributed by atoms with Gasteiger partial charge in [0.1, 0.15) is 0 Å².